The fourth-order valence-corrected chi connectivity index (χ4v) is 4.95. The van der Waals surface area contributed by atoms with E-state index in [-0.39, 0.29) is 18.0 Å². The second-order valence-electron chi connectivity index (χ2n) is 8.34. The zero-order valence-electron chi connectivity index (χ0n) is 16.2. The first kappa shape index (κ1) is 19.4. The quantitative estimate of drug-likeness (QED) is 0.706. The zero-order valence-corrected chi connectivity index (χ0v) is 16.9. The van der Waals surface area contributed by atoms with Crippen molar-refractivity contribution in [3.05, 3.63) is 40.5 Å². The molecule has 1 aromatic carbocycles. The number of aromatic nitrogens is 2. The molecule has 28 heavy (non-hydrogen) atoms. The maximum Gasteiger partial charge on any atom is 0.222 e. The van der Waals surface area contributed by atoms with Gasteiger partial charge in [-0.15, -0.1) is 0 Å². The first-order valence-electron chi connectivity index (χ1n) is 9.90. The topological polar surface area (TPSA) is 95.5 Å². The van der Waals surface area contributed by atoms with Gasteiger partial charge in [0.05, 0.1) is 11.8 Å². The van der Waals surface area contributed by atoms with Crippen LogP contribution in [0.5, 0.6) is 0 Å². The molecule has 1 atom stereocenters. The molecule has 2 heterocycles. The lowest BCUT2D eigenvalue weighted by Gasteiger charge is -2.26. The van der Waals surface area contributed by atoms with E-state index in [9.17, 15) is 10.2 Å². The number of fused-ring (bicyclic) bond motifs is 1. The third kappa shape index (κ3) is 3.23. The van der Waals surface area contributed by atoms with Crippen LogP contribution in [0.4, 0.5) is 17.5 Å². The Hall–Kier alpha value is -1.89. The molecular formula is C21H27ClN4O2. The van der Waals surface area contributed by atoms with Gasteiger partial charge in [-0.1, -0.05) is 43.5 Å². The summed E-state index contributed by atoms with van der Waals surface area (Å²) in [6, 6.07) is 6.26. The third-order valence-corrected chi connectivity index (χ3v) is 6.57. The van der Waals surface area contributed by atoms with Crippen LogP contribution in [0, 0.1) is 0 Å². The lowest BCUT2D eigenvalue weighted by Crippen LogP contribution is -2.29. The Kier molecular flexibility index (Phi) is 4.98. The van der Waals surface area contributed by atoms with E-state index in [0.29, 0.717) is 17.4 Å². The number of halogens is 1. The van der Waals surface area contributed by atoms with Crippen molar-refractivity contribution >= 4 is 29.1 Å². The monoisotopic (exact) mass is 402 g/mol. The van der Waals surface area contributed by atoms with Gasteiger partial charge in [0.15, 0.2) is 5.82 Å². The normalized spacial score (nSPS) is 23.2. The molecule has 0 bridgehead atoms. The average molecular weight is 403 g/mol. The highest BCUT2D eigenvalue weighted by atomic mass is 35.5. The first-order chi connectivity index (χ1) is 13.4. The molecule has 1 unspecified atom stereocenters. The molecular weight excluding hydrogens is 376 g/mol. The summed E-state index contributed by atoms with van der Waals surface area (Å²) in [6.07, 6.45) is 6.74. The third-order valence-electron chi connectivity index (χ3n) is 6.30. The highest BCUT2D eigenvalue weighted by Gasteiger charge is 2.42. The van der Waals surface area contributed by atoms with Gasteiger partial charge in [-0.2, -0.15) is 4.98 Å². The molecule has 1 aliphatic heterocycles. The standard InChI is InChI=1S/C21H27ClN4O2/c1-20(7-4-10-27)13-26(18-16(22)12-24-19(23)25-18)17-11-14(5-6-15(17)20)21(28)8-2-3-9-21/h5-6,11-12,27-28H,2-4,7-10,13H2,1H3,(H2,23,24,25). The summed E-state index contributed by atoms with van der Waals surface area (Å²) < 4.78 is 0. The van der Waals surface area contributed by atoms with Crippen LogP contribution >= 0.6 is 11.6 Å². The van der Waals surface area contributed by atoms with Gasteiger partial charge in [-0.25, -0.2) is 4.98 Å². The van der Waals surface area contributed by atoms with Gasteiger partial charge in [0.1, 0.15) is 5.02 Å². The van der Waals surface area contributed by atoms with E-state index in [1.54, 1.807) is 0 Å². The molecule has 1 aliphatic carbocycles. The number of nitrogens with zero attached hydrogens (tertiary/aromatic N) is 3. The van der Waals surface area contributed by atoms with Crippen molar-refractivity contribution in [1.29, 1.82) is 0 Å². The SMILES string of the molecule is CC1(CCCO)CN(c2nc(N)ncc2Cl)c2cc(C3(O)CCCC3)ccc21. The number of nitrogen functional groups attached to an aromatic ring is 1. The number of aliphatic hydroxyl groups is 2. The first-order valence-corrected chi connectivity index (χ1v) is 10.3. The van der Waals surface area contributed by atoms with Crippen molar-refractivity contribution in [2.24, 2.45) is 0 Å². The minimum atomic E-state index is -0.765. The Labute approximate surface area is 170 Å². The van der Waals surface area contributed by atoms with E-state index in [4.69, 9.17) is 17.3 Å². The molecule has 1 aromatic heterocycles. The summed E-state index contributed by atoms with van der Waals surface area (Å²) >= 11 is 6.42. The van der Waals surface area contributed by atoms with Crippen LogP contribution < -0.4 is 10.6 Å². The van der Waals surface area contributed by atoms with Crippen molar-refractivity contribution < 1.29 is 10.2 Å². The van der Waals surface area contributed by atoms with E-state index in [1.807, 2.05) is 0 Å². The Morgan fingerprint density at radius 3 is 2.75 bits per heavy atom. The van der Waals surface area contributed by atoms with Gasteiger partial charge >= 0.3 is 0 Å². The molecule has 0 radical (unpaired) electrons. The summed E-state index contributed by atoms with van der Waals surface area (Å²) in [4.78, 5) is 10.5. The van der Waals surface area contributed by atoms with Gasteiger partial charge in [-0.3, -0.25) is 0 Å². The number of benzene rings is 1. The Morgan fingerprint density at radius 1 is 1.29 bits per heavy atom. The minimum Gasteiger partial charge on any atom is -0.396 e. The van der Waals surface area contributed by atoms with Gasteiger partial charge in [0.2, 0.25) is 5.95 Å². The van der Waals surface area contributed by atoms with Crippen molar-refractivity contribution in [3.8, 4) is 0 Å². The fraction of sp³-hybridized carbons (Fsp3) is 0.524. The maximum atomic E-state index is 11.1. The maximum absolute atomic E-state index is 11.1. The molecule has 2 aromatic rings. The average Bonchev–Trinajstić information content (AvgIpc) is 3.25. The highest BCUT2D eigenvalue weighted by Crippen LogP contribution is 2.50. The molecule has 4 N–H and O–H groups in total. The molecule has 0 saturated heterocycles. The smallest absolute Gasteiger partial charge is 0.222 e. The number of rotatable bonds is 5. The molecule has 7 heteroatoms. The largest absolute Gasteiger partial charge is 0.396 e. The zero-order chi connectivity index (χ0) is 19.9. The van der Waals surface area contributed by atoms with Crippen LogP contribution in [0.25, 0.3) is 0 Å². The molecule has 2 aliphatic rings. The lowest BCUT2D eigenvalue weighted by molar-refractivity contribution is 0.0445. The van der Waals surface area contributed by atoms with Crippen molar-refractivity contribution in [3.63, 3.8) is 0 Å². The summed E-state index contributed by atoms with van der Waals surface area (Å²) in [7, 11) is 0. The fourth-order valence-electron chi connectivity index (χ4n) is 4.76. The van der Waals surface area contributed by atoms with E-state index in [2.05, 4.69) is 40.0 Å². The molecule has 1 saturated carbocycles. The summed E-state index contributed by atoms with van der Waals surface area (Å²) in [5.74, 6) is 0.759. The van der Waals surface area contributed by atoms with Gasteiger partial charge < -0.3 is 20.8 Å². The van der Waals surface area contributed by atoms with Crippen LogP contribution in [-0.2, 0) is 11.0 Å². The number of aliphatic hydroxyl groups excluding tert-OH is 1. The van der Waals surface area contributed by atoms with Crippen LogP contribution in [0.3, 0.4) is 0 Å². The lowest BCUT2D eigenvalue weighted by atomic mass is 9.79. The minimum absolute atomic E-state index is 0.155. The highest BCUT2D eigenvalue weighted by molar-refractivity contribution is 6.33. The molecule has 0 amide bonds. The van der Waals surface area contributed by atoms with E-state index in [0.717, 1.165) is 49.8 Å². The van der Waals surface area contributed by atoms with Crippen LogP contribution in [0.2, 0.25) is 5.02 Å². The summed E-state index contributed by atoms with van der Waals surface area (Å²) in [5, 5.41) is 20.9. The second kappa shape index (κ2) is 7.17. The molecule has 0 spiro atoms. The van der Waals surface area contributed by atoms with Gasteiger partial charge in [-0.05, 0) is 42.9 Å². The summed E-state index contributed by atoms with van der Waals surface area (Å²) in [5.41, 5.74) is 8.03. The number of hydrogen-bond acceptors (Lipinski definition) is 6. The predicted octanol–water partition coefficient (Wildman–Crippen LogP) is 3.66. The number of nitrogens with two attached hydrogens (primary N) is 1. The molecule has 1 fully saturated rings. The molecule has 6 nitrogen and oxygen atoms in total. The second-order valence-corrected chi connectivity index (χ2v) is 8.75. The number of anilines is 3. The van der Waals surface area contributed by atoms with Crippen LogP contribution in [0.1, 0.15) is 56.6 Å². The molecule has 150 valence electrons. The van der Waals surface area contributed by atoms with Gasteiger partial charge in [0, 0.05) is 24.3 Å². The van der Waals surface area contributed by atoms with E-state index in [1.165, 1.54) is 11.8 Å². The Bertz CT molecular complexity index is 885. The molecule has 4 rings (SSSR count). The Balaban J connectivity index is 1.83. The predicted molar refractivity (Wildman–Crippen MR) is 111 cm³/mol. The Morgan fingerprint density at radius 2 is 2.04 bits per heavy atom. The van der Waals surface area contributed by atoms with E-state index < -0.39 is 5.60 Å². The van der Waals surface area contributed by atoms with Crippen molar-refractivity contribution in [1.82, 2.24) is 9.97 Å². The van der Waals surface area contributed by atoms with Gasteiger partial charge in [0.25, 0.3) is 0 Å². The van der Waals surface area contributed by atoms with Crippen molar-refractivity contribution in [2.75, 3.05) is 23.8 Å². The van der Waals surface area contributed by atoms with E-state index >= 15 is 0 Å². The van der Waals surface area contributed by atoms with Crippen molar-refractivity contribution in [2.45, 2.75) is 56.5 Å². The summed E-state index contributed by atoms with van der Waals surface area (Å²) in [6.45, 7) is 3.04. The number of hydrogen-bond donors (Lipinski definition) is 3. The van der Waals surface area contributed by atoms with Crippen LogP contribution in [0.15, 0.2) is 24.4 Å². The van der Waals surface area contributed by atoms with Crippen LogP contribution in [-0.4, -0.2) is 33.3 Å².